The Morgan fingerprint density at radius 1 is 1.43 bits per heavy atom. The molecule has 6 heteroatoms. The normalized spacial score (nSPS) is 14.3. The zero-order chi connectivity index (χ0) is 16.0. The van der Waals surface area contributed by atoms with Gasteiger partial charge in [0.1, 0.15) is 11.3 Å². The lowest BCUT2D eigenvalue weighted by Crippen LogP contribution is -2.27. The number of aromatic nitrogens is 3. The number of carbonyl (C=O) groups excluding carboxylic acids is 1. The second kappa shape index (κ2) is 5.22. The van der Waals surface area contributed by atoms with Crippen LogP contribution in [0.1, 0.15) is 40.8 Å². The van der Waals surface area contributed by atoms with Gasteiger partial charge in [0.15, 0.2) is 11.5 Å². The predicted octanol–water partition coefficient (Wildman–Crippen LogP) is 2.71. The maximum atomic E-state index is 12.6. The third-order valence-corrected chi connectivity index (χ3v) is 4.22. The summed E-state index contributed by atoms with van der Waals surface area (Å²) in [6.45, 7) is 0.462. The van der Waals surface area contributed by atoms with Crippen LogP contribution in [0.5, 0.6) is 0 Å². The molecule has 0 N–H and O–H groups in total. The maximum Gasteiger partial charge on any atom is 0.254 e. The average Bonchev–Trinajstić information content (AvgIpc) is 3.20. The Morgan fingerprint density at radius 3 is 2.96 bits per heavy atom. The number of fused-ring (bicyclic) bond motifs is 1. The smallest absolute Gasteiger partial charge is 0.254 e. The standard InChI is InChI=1S/C17H18N4O2/c1-20-8-7-18-15(20)10-21(2)17(22)12-5-6-13-14(9-12)23-16(19-13)11-3-4-11/h5-9,11H,3-4,10H2,1-2H3. The van der Waals surface area contributed by atoms with Crippen molar-refractivity contribution in [1.29, 1.82) is 0 Å². The number of amides is 1. The molecule has 3 aromatic rings. The van der Waals surface area contributed by atoms with Gasteiger partial charge in [0.25, 0.3) is 5.91 Å². The van der Waals surface area contributed by atoms with Crippen molar-refractivity contribution >= 4 is 17.0 Å². The number of hydrogen-bond donors (Lipinski definition) is 0. The molecule has 0 bridgehead atoms. The van der Waals surface area contributed by atoms with Crippen molar-refractivity contribution in [2.45, 2.75) is 25.3 Å². The Morgan fingerprint density at radius 2 is 2.26 bits per heavy atom. The summed E-state index contributed by atoms with van der Waals surface area (Å²) in [5, 5.41) is 0. The first-order valence-electron chi connectivity index (χ1n) is 7.74. The van der Waals surface area contributed by atoms with Crippen LogP contribution in [0.2, 0.25) is 0 Å². The van der Waals surface area contributed by atoms with Crippen LogP contribution in [0, 0.1) is 0 Å². The van der Waals surface area contributed by atoms with Crippen LogP contribution in [0.4, 0.5) is 0 Å². The highest BCUT2D eigenvalue weighted by atomic mass is 16.3. The van der Waals surface area contributed by atoms with Gasteiger partial charge in [-0.3, -0.25) is 4.79 Å². The van der Waals surface area contributed by atoms with E-state index in [-0.39, 0.29) is 5.91 Å². The molecule has 6 nitrogen and oxygen atoms in total. The number of carbonyl (C=O) groups is 1. The molecule has 118 valence electrons. The molecule has 1 aliphatic rings. The number of rotatable bonds is 4. The summed E-state index contributed by atoms with van der Waals surface area (Å²) in [6.07, 6.45) is 5.89. The van der Waals surface area contributed by atoms with Crippen LogP contribution in [0.15, 0.2) is 35.0 Å². The van der Waals surface area contributed by atoms with E-state index < -0.39 is 0 Å². The van der Waals surface area contributed by atoms with Crippen molar-refractivity contribution < 1.29 is 9.21 Å². The first-order chi connectivity index (χ1) is 11.1. The largest absolute Gasteiger partial charge is 0.440 e. The molecule has 1 saturated carbocycles. The van der Waals surface area contributed by atoms with Crippen LogP contribution in [-0.4, -0.2) is 32.4 Å². The van der Waals surface area contributed by atoms with Gasteiger partial charge in [-0.05, 0) is 31.0 Å². The van der Waals surface area contributed by atoms with Crippen molar-refractivity contribution in [3.63, 3.8) is 0 Å². The van der Waals surface area contributed by atoms with Crippen molar-refractivity contribution in [1.82, 2.24) is 19.4 Å². The lowest BCUT2D eigenvalue weighted by atomic mass is 10.2. The molecule has 2 aromatic heterocycles. The summed E-state index contributed by atoms with van der Waals surface area (Å²) in [5.41, 5.74) is 2.10. The fraction of sp³-hybridized carbons (Fsp3) is 0.353. The van der Waals surface area contributed by atoms with E-state index in [9.17, 15) is 4.79 Å². The van der Waals surface area contributed by atoms with Gasteiger partial charge in [-0.2, -0.15) is 0 Å². The summed E-state index contributed by atoms with van der Waals surface area (Å²) in [5.74, 6) is 2.05. The number of oxazole rings is 1. The van der Waals surface area contributed by atoms with Crippen LogP contribution < -0.4 is 0 Å². The molecule has 23 heavy (non-hydrogen) atoms. The fourth-order valence-corrected chi connectivity index (χ4v) is 2.63. The summed E-state index contributed by atoms with van der Waals surface area (Å²) < 4.78 is 7.70. The van der Waals surface area contributed by atoms with E-state index in [0.29, 0.717) is 23.6 Å². The third kappa shape index (κ3) is 2.60. The Bertz CT molecular complexity index is 876. The molecule has 4 rings (SSSR count). The van der Waals surface area contributed by atoms with Crippen molar-refractivity contribution in [2.75, 3.05) is 7.05 Å². The van der Waals surface area contributed by atoms with E-state index in [1.54, 1.807) is 30.3 Å². The molecule has 0 radical (unpaired) electrons. The molecule has 1 aliphatic carbocycles. The first-order valence-corrected chi connectivity index (χ1v) is 7.74. The van der Waals surface area contributed by atoms with Gasteiger partial charge < -0.3 is 13.9 Å². The minimum Gasteiger partial charge on any atom is -0.440 e. The van der Waals surface area contributed by atoms with Gasteiger partial charge in [-0.25, -0.2) is 9.97 Å². The second-order valence-electron chi connectivity index (χ2n) is 6.12. The molecule has 1 fully saturated rings. The van der Waals surface area contributed by atoms with Crippen LogP contribution in [0.25, 0.3) is 11.1 Å². The number of imidazole rings is 1. The monoisotopic (exact) mass is 310 g/mol. The van der Waals surface area contributed by atoms with Gasteiger partial charge in [-0.1, -0.05) is 0 Å². The fourth-order valence-electron chi connectivity index (χ4n) is 2.63. The number of benzene rings is 1. The van der Waals surface area contributed by atoms with Crippen molar-refractivity contribution in [3.05, 3.63) is 47.9 Å². The number of aryl methyl sites for hydroxylation is 1. The third-order valence-electron chi connectivity index (χ3n) is 4.22. The van der Waals surface area contributed by atoms with Crippen LogP contribution >= 0.6 is 0 Å². The van der Waals surface area contributed by atoms with Gasteiger partial charge in [-0.15, -0.1) is 0 Å². The minimum absolute atomic E-state index is 0.0562. The van der Waals surface area contributed by atoms with Gasteiger partial charge >= 0.3 is 0 Å². The van der Waals surface area contributed by atoms with Gasteiger partial charge in [0, 0.05) is 38.0 Å². The highest BCUT2D eigenvalue weighted by molar-refractivity contribution is 5.96. The zero-order valence-corrected chi connectivity index (χ0v) is 13.2. The van der Waals surface area contributed by atoms with Crippen LogP contribution in [-0.2, 0) is 13.6 Å². The SMILES string of the molecule is CN(Cc1nccn1C)C(=O)c1ccc2nc(C3CC3)oc2c1. The Labute approximate surface area is 133 Å². The number of nitrogens with zero attached hydrogens (tertiary/aromatic N) is 4. The summed E-state index contributed by atoms with van der Waals surface area (Å²) in [6, 6.07) is 5.44. The van der Waals surface area contributed by atoms with E-state index in [0.717, 1.165) is 30.1 Å². The van der Waals surface area contributed by atoms with Gasteiger partial charge in [0.05, 0.1) is 6.54 Å². The van der Waals surface area contributed by atoms with E-state index in [1.165, 1.54) is 0 Å². The highest BCUT2D eigenvalue weighted by Crippen LogP contribution is 2.40. The van der Waals surface area contributed by atoms with Crippen LogP contribution in [0.3, 0.4) is 0 Å². The molecule has 2 heterocycles. The maximum absolute atomic E-state index is 12.6. The molecule has 0 aliphatic heterocycles. The van der Waals surface area contributed by atoms with E-state index in [4.69, 9.17) is 4.42 Å². The summed E-state index contributed by atoms with van der Waals surface area (Å²) >= 11 is 0. The topological polar surface area (TPSA) is 64.2 Å². The Balaban J connectivity index is 1.57. The predicted molar refractivity (Wildman–Crippen MR) is 85.0 cm³/mol. The lowest BCUT2D eigenvalue weighted by Gasteiger charge is -2.16. The molecule has 0 saturated heterocycles. The lowest BCUT2D eigenvalue weighted by molar-refractivity contribution is 0.0780. The molecule has 1 amide bonds. The Hall–Kier alpha value is -2.63. The average molecular weight is 310 g/mol. The summed E-state index contributed by atoms with van der Waals surface area (Å²) in [4.78, 5) is 23.0. The minimum atomic E-state index is -0.0562. The van der Waals surface area contributed by atoms with Crippen molar-refractivity contribution in [3.8, 4) is 0 Å². The quantitative estimate of drug-likeness (QED) is 0.743. The molecular formula is C17H18N4O2. The molecule has 0 spiro atoms. The number of hydrogen-bond acceptors (Lipinski definition) is 4. The second-order valence-corrected chi connectivity index (χ2v) is 6.12. The van der Waals surface area contributed by atoms with Gasteiger partial charge in [0.2, 0.25) is 0 Å². The summed E-state index contributed by atoms with van der Waals surface area (Å²) in [7, 11) is 3.69. The van der Waals surface area contributed by atoms with Crippen molar-refractivity contribution in [2.24, 2.45) is 7.05 Å². The zero-order valence-electron chi connectivity index (χ0n) is 13.2. The molecule has 0 atom stereocenters. The molecular weight excluding hydrogens is 292 g/mol. The highest BCUT2D eigenvalue weighted by Gasteiger charge is 2.29. The Kier molecular flexibility index (Phi) is 3.18. The first kappa shape index (κ1) is 14.0. The molecule has 0 unspecified atom stereocenters. The van der Waals surface area contributed by atoms with E-state index in [2.05, 4.69) is 9.97 Å². The molecule has 1 aromatic carbocycles. The van der Waals surface area contributed by atoms with E-state index in [1.807, 2.05) is 23.9 Å². The van der Waals surface area contributed by atoms with E-state index >= 15 is 0 Å².